The Balaban J connectivity index is 0.000000597. The first kappa shape index (κ1) is 33.4. The molecule has 0 spiro atoms. The fourth-order valence-electron chi connectivity index (χ4n) is 3.96. The van der Waals surface area contributed by atoms with Crippen molar-refractivity contribution in [3.63, 3.8) is 0 Å². The molecule has 1 aromatic heterocycles. The van der Waals surface area contributed by atoms with Crippen molar-refractivity contribution in [3.05, 3.63) is 29.6 Å². The highest BCUT2D eigenvalue weighted by Gasteiger charge is 2.27. The quantitative estimate of drug-likeness (QED) is 0.332. The summed E-state index contributed by atoms with van der Waals surface area (Å²) < 4.78 is 31.8. The van der Waals surface area contributed by atoms with Crippen LogP contribution in [0, 0.1) is 5.92 Å². The number of hydrogen-bond donors (Lipinski definition) is 1. The molecule has 0 aromatic carbocycles. The normalized spacial score (nSPS) is 21.6. The largest absolute Gasteiger partial charge is 0.380 e. The van der Waals surface area contributed by atoms with Crippen molar-refractivity contribution in [2.45, 2.75) is 112 Å². The van der Waals surface area contributed by atoms with Gasteiger partial charge in [-0.05, 0) is 64.0 Å². The summed E-state index contributed by atoms with van der Waals surface area (Å²) in [5.74, 6) is -1.92. The Bertz CT molecular complexity index is 671. The lowest BCUT2D eigenvalue weighted by atomic mass is 10.1. The van der Waals surface area contributed by atoms with Crippen molar-refractivity contribution in [2.75, 3.05) is 26.3 Å². The number of nitrogens with zero attached hydrogens (tertiary/aromatic N) is 3. The molecule has 2 heterocycles. The number of ether oxygens (including phenoxy) is 1. The van der Waals surface area contributed by atoms with Gasteiger partial charge in [-0.15, -0.1) is 0 Å². The molecule has 35 heavy (non-hydrogen) atoms. The van der Waals surface area contributed by atoms with Gasteiger partial charge in [0.25, 0.3) is 5.92 Å². The number of nitrogens with one attached hydrogen (secondary N) is 1. The van der Waals surface area contributed by atoms with Gasteiger partial charge in [0, 0.05) is 56.7 Å². The van der Waals surface area contributed by atoms with Crippen molar-refractivity contribution in [3.8, 4) is 0 Å². The van der Waals surface area contributed by atoms with E-state index in [1.54, 1.807) is 12.5 Å². The van der Waals surface area contributed by atoms with E-state index in [9.17, 15) is 8.78 Å². The zero-order valence-corrected chi connectivity index (χ0v) is 23.8. The van der Waals surface area contributed by atoms with Crippen LogP contribution < -0.4 is 5.32 Å². The molecule has 3 rings (SSSR count). The second-order valence-corrected chi connectivity index (χ2v) is 9.24. The summed E-state index contributed by atoms with van der Waals surface area (Å²) in [4.78, 5) is 10.7. The van der Waals surface area contributed by atoms with Gasteiger partial charge in [-0.25, -0.2) is 8.78 Å². The third kappa shape index (κ3) is 13.9. The second kappa shape index (κ2) is 18.6. The molecular weight excluding hydrogens is 446 g/mol. The van der Waals surface area contributed by atoms with E-state index in [4.69, 9.17) is 4.74 Å². The van der Waals surface area contributed by atoms with Gasteiger partial charge in [-0.3, -0.25) is 14.9 Å². The maximum Gasteiger partial charge on any atom is 0.272 e. The Hall–Kier alpha value is -1.60. The molecule has 2 aliphatic rings. The molecule has 0 bridgehead atoms. The topological polar surface area (TPSA) is 49.8 Å². The molecule has 7 heteroatoms. The minimum absolute atomic E-state index is 0.0844. The van der Waals surface area contributed by atoms with Crippen molar-refractivity contribution < 1.29 is 13.5 Å². The first-order valence-electron chi connectivity index (χ1n) is 13.6. The first-order chi connectivity index (χ1) is 16.7. The monoisotopic (exact) mass is 498 g/mol. The predicted molar refractivity (Wildman–Crippen MR) is 145 cm³/mol. The SMILES string of the molecule is CC.CC.CC(C)NC=NC(C)c1cncc(C(C)(F)F)c1.CC1CCC(N2CCCOCC2)C1. The molecule has 3 atom stereocenters. The first-order valence-corrected chi connectivity index (χ1v) is 13.6. The van der Waals surface area contributed by atoms with E-state index in [-0.39, 0.29) is 11.6 Å². The summed E-state index contributed by atoms with van der Waals surface area (Å²) in [6, 6.07) is 2.41. The van der Waals surface area contributed by atoms with E-state index in [1.165, 1.54) is 44.5 Å². The third-order valence-corrected chi connectivity index (χ3v) is 5.90. The van der Waals surface area contributed by atoms with Crippen molar-refractivity contribution in [1.82, 2.24) is 15.2 Å². The van der Waals surface area contributed by atoms with Crippen LogP contribution in [0.15, 0.2) is 23.5 Å². The lowest BCUT2D eigenvalue weighted by Gasteiger charge is -2.26. The maximum absolute atomic E-state index is 13.2. The Labute approximate surface area is 214 Å². The molecule has 204 valence electrons. The van der Waals surface area contributed by atoms with Gasteiger partial charge in [0.2, 0.25) is 0 Å². The Kier molecular flexibility index (Phi) is 17.8. The number of hydrogen-bond acceptors (Lipinski definition) is 4. The maximum atomic E-state index is 13.2. The van der Waals surface area contributed by atoms with Crippen molar-refractivity contribution in [2.24, 2.45) is 10.9 Å². The van der Waals surface area contributed by atoms with Gasteiger partial charge in [0.05, 0.1) is 19.0 Å². The number of rotatable bonds is 6. The molecule has 1 N–H and O–H groups in total. The van der Waals surface area contributed by atoms with Crippen LogP contribution in [0.3, 0.4) is 0 Å². The van der Waals surface area contributed by atoms with Gasteiger partial charge in [-0.2, -0.15) is 0 Å². The molecule has 3 unspecified atom stereocenters. The van der Waals surface area contributed by atoms with E-state index in [1.807, 2.05) is 48.5 Å². The molecule has 0 amide bonds. The predicted octanol–water partition coefficient (Wildman–Crippen LogP) is 7.23. The van der Waals surface area contributed by atoms with Crippen LogP contribution in [0.25, 0.3) is 0 Å². The highest BCUT2D eigenvalue weighted by atomic mass is 19.3. The Morgan fingerprint density at radius 2 is 1.80 bits per heavy atom. The van der Waals surface area contributed by atoms with E-state index < -0.39 is 5.92 Å². The summed E-state index contributed by atoms with van der Waals surface area (Å²) in [7, 11) is 0. The van der Waals surface area contributed by atoms with Crippen LogP contribution in [-0.2, 0) is 10.7 Å². The second-order valence-electron chi connectivity index (χ2n) is 9.24. The number of aromatic nitrogens is 1. The Morgan fingerprint density at radius 3 is 2.37 bits per heavy atom. The van der Waals surface area contributed by atoms with Gasteiger partial charge in [-0.1, -0.05) is 34.6 Å². The molecular formula is C28H52F2N4O. The zero-order valence-electron chi connectivity index (χ0n) is 23.8. The number of halogens is 2. The van der Waals surface area contributed by atoms with Gasteiger partial charge in [0.15, 0.2) is 0 Å². The van der Waals surface area contributed by atoms with Gasteiger partial charge < -0.3 is 10.1 Å². The molecule has 1 aromatic rings. The van der Waals surface area contributed by atoms with Crippen molar-refractivity contribution in [1.29, 1.82) is 0 Å². The molecule has 1 saturated heterocycles. The summed E-state index contributed by atoms with van der Waals surface area (Å²) >= 11 is 0. The highest BCUT2D eigenvalue weighted by Crippen LogP contribution is 2.29. The van der Waals surface area contributed by atoms with Crippen LogP contribution in [0.1, 0.15) is 105 Å². The number of alkyl halides is 2. The van der Waals surface area contributed by atoms with Gasteiger partial charge in [0.1, 0.15) is 0 Å². The van der Waals surface area contributed by atoms with Crippen LogP contribution in [0.5, 0.6) is 0 Å². The summed E-state index contributed by atoms with van der Waals surface area (Å²) in [6.07, 6.45) is 9.85. The molecule has 2 fully saturated rings. The fourth-order valence-corrected chi connectivity index (χ4v) is 3.96. The molecule has 5 nitrogen and oxygen atoms in total. The van der Waals surface area contributed by atoms with E-state index in [0.29, 0.717) is 11.6 Å². The third-order valence-electron chi connectivity index (χ3n) is 5.90. The van der Waals surface area contributed by atoms with Crippen LogP contribution >= 0.6 is 0 Å². The van der Waals surface area contributed by atoms with Crippen LogP contribution in [-0.4, -0.2) is 54.6 Å². The van der Waals surface area contributed by atoms with E-state index in [2.05, 4.69) is 27.1 Å². The molecule has 1 aliphatic heterocycles. The molecule has 1 aliphatic carbocycles. The summed E-state index contributed by atoms with van der Waals surface area (Å²) in [5.41, 5.74) is 0.592. The van der Waals surface area contributed by atoms with Crippen LogP contribution in [0.2, 0.25) is 0 Å². The minimum atomic E-state index is -2.87. The summed E-state index contributed by atoms with van der Waals surface area (Å²) in [5, 5.41) is 3.03. The smallest absolute Gasteiger partial charge is 0.272 e. The lowest BCUT2D eigenvalue weighted by Crippen LogP contribution is -2.35. The average molecular weight is 499 g/mol. The zero-order chi connectivity index (χ0) is 26.9. The molecule has 1 saturated carbocycles. The highest BCUT2D eigenvalue weighted by molar-refractivity contribution is 5.55. The minimum Gasteiger partial charge on any atom is -0.380 e. The average Bonchev–Trinajstić information content (AvgIpc) is 3.10. The van der Waals surface area contributed by atoms with Crippen molar-refractivity contribution >= 4 is 6.34 Å². The van der Waals surface area contributed by atoms with E-state index >= 15 is 0 Å². The summed E-state index contributed by atoms with van der Waals surface area (Å²) in [6.45, 7) is 21.4. The molecule has 0 radical (unpaired) electrons. The Morgan fingerprint density at radius 1 is 1.11 bits per heavy atom. The lowest BCUT2D eigenvalue weighted by molar-refractivity contribution is 0.0170. The standard InChI is InChI=1S/C13H19F2N3.C11H21NO.2C2H6/c1-9(2)17-8-18-10(3)11-5-12(7-16-6-11)13(4,14)15;1-10-3-4-11(9-10)12-5-2-7-13-8-6-12;2*1-2/h5-10H,1-4H3,(H,17,18);10-11H,2-9H2,1H3;2*1-2H3. The van der Waals surface area contributed by atoms with Gasteiger partial charge >= 0.3 is 0 Å². The number of aliphatic imine (C=N–C) groups is 1. The van der Waals surface area contributed by atoms with Crippen LogP contribution in [0.4, 0.5) is 8.78 Å². The fraction of sp³-hybridized carbons (Fsp3) is 0.786. The number of pyridine rings is 1. The van der Waals surface area contributed by atoms with E-state index in [0.717, 1.165) is 38.6 Å².